The summed E-state index contributed by atoms with van der Waals surface area (Å²) in [5, 5.41) is 7.71. The molecule has 0 spiro atoms. The van der Waals surface area contributed by atoms with Gasteiger partial charge in [0.05, 0.1) is 23.1 Å². The molecule has 0 aliphatic carbocycles. The molecule has 1 aliphatic heterocycles. The van der Waals surface area contributed by atoms with Gasteiger partial charge in [0.25, 0.3) is 5.91 Å². The molecule has 1 aliphatic rings. The molecule has 5 nitrogen and oxygen atoms in total. The second-order valence-electron chi connectivity index (χ2n) is 6.38. The third-order valence-corrected chi connectivity index (χ3v) is 4.28. The Bertz CT molecular complexity index is 706. The fraction of sp³-hybridized carbons (Fsp3) is 0.444. The van der Waals surface area contributed by atoms with Crippen LogP contribution in [0, 0.1) is 5.82 Å². The van der Waals surface area contributed by atoms with E-state index in [0.717, 1.165) is 37.4 Å². The average Bonchev–Trinajstić information content (AvgIpc) is 2.83. The van der Waals surface area contributed by atoms with Crippen molar-refractivity contribution in [1.29, 1.82) is 0 Å². The first-order valence-corrected chi connectivity index (χ1v) is 8.42. The summed E-state index contributed by atoms with van der Waals surface area (Å²) >= 11 is 0. The van der Waals surface area contributed by atoms with Gasteiger partial charge in [0.1, 0.15) is 5.82 Å². The highest BCUT2D eigenvalue weighted by molar-refractivity contribution is 5.95. The molecule has 1 amide bonds. The van der Waals surface area contributed by atoms with E-state index in [1.165, 1.54) is 12.1 Å². The highest BCUT2D eigenvalue weighted by atomic mass is 35.5. The number of halogens is 2. The van der Waals surface area contributed by atoms with Crippen molar-refractivity contribution >= 4 is 18.3 Å². The van der Waals surface area contributed by atoms with Crippen LogP contribution in [0.25, 0.3) is 5.69 Å². The first-order chi connectivity index (χ1) is 11.6. The lowest BCUT2D eigenvalue weighted by Gasteiger charge is -2.21. The van der Waals surface area contributed by atoms with Crippen LogP contribution in [0.4, 0.5) is 4.39 Å². The summed E-state index contributed by atoms with van der Waals surface area (Å²) < 4.78 is 14.9. The van der Waals surface area contributed by atoms with Crippen LogP contribution in [0.2, 0.25) is 0 Å². The van der Waals surface area contributed by atoms with Crippen molar-refractivity contribution in [2.24, 2.45) is 0 Å². The number of rotatable bonds is 3. The summed E-state index contributed by atoms with van der Waals surface area (Å²) in [6, 6.07) is 6.17. The van der Waals surface area contributed by atoms with Crippen LogP contribution in [-0.4, -0.2) is 46.8 Å². The van der Waals surface area contributed by atoms with Crippen molar-refractivity contribution in [1.82, 2.24) is 20.0 Å². The zero-order chi connectivity index (χ0) is 17.1. The Hall–Kier alpha value is -1.92. The molecule has 0 unspecified atom stereocenters. The number of hydrogen-bond donors (Lipinski definition) is 1. The number of amides is 1. The van der Waals surface area contributed by atoms with Gasteiger partial charge in [0.15, 0.2) is 0 Å². The molecule has 1 N–H and O–H groups in total. The minimum atomic E-state index is -0.287. The lowest BCUT2D eigenvalue weighted by molar-refractivity contribution is 0.0765. The molecule has 0 saturated carbocycles. The Morgan fingerprint density at radius 1 is 1.20 bits per heavy atom. The Labute approximate surface area is 153 Å². The molecule has 1 fully saturated rings. The van der Waals surface area contributed by atoms with Crippen molar-refractivity contribution < 1.29 is 9.18 Å². The van der Waals surface area contributed by atoms with Crippen LogP contribution < -0.4 is 5.32 Å². The standard InChI is InChI=1S/C18H23FN4O.ClH/c1-13(2)17-16(18(24)22-10-3-8-20-9-11-22)12-21-23(17)15-6-4-14(19)5-7-15;/h4-7,12-13,20H,3,8-11H2,1-2H3;1H. The van der Waals surface area contributed by atoms with Gasteiger partial charge < -0.3 is 10.2 Å². The predicted molar refractivity (Wildman–Crippen MR) is 98.2 cm³/mol. The molecule has 3 rings (SSSR count). The first-order valence-electron chi connectivity index (χ1n) is 8.42. The van der Waals surface area contributed by atoms with Crippen molar-refractivity contribution in [2.45, 2.75) is 26.2 Å². The largest absolute Gasteiger partial charge is 0.337 e. The summed E-state index contributed by atoms with van der Waals surface area (Å²) in [6.07, 6.45) is 2.59. The van der Waals surface area contributed by atoms with Crippen molar-refractivity contribution in [3.63, 3.8) is 0 Å². The van der Waals surface area contributed by atoms with E-state index in [4.69, 9.17) is 0 Å². The summed E-state index contributed by atoms with van der Waals surface area (Å²) in [7, 11) is 0. The highest BCUT2D eigenvalue weighted by Crippen LogP contribution is 2.24. The molecule has 7 heteroatoms. The molecular formula is C18H24ClFN4O. The van der Waals surface area contributed by atoms with E-state index < -0.39 is 0 Å². The molecule has 0 atom stereocenters. The van der Waals surface area contributed by atoms with Crippen LogP contribution in [0.1, 0.15) is 42.2 Å². The second kappa shape index (κ2) is 8.45. The van der Waals surface area contributed by atoms with Gasteiger partial charge in [-0.1, -0.05) is 13.8 Å². The maximum absolute atomic E-state index is 13.2. The summed E-state index contributed by atoms with van der Waals surface area (Å²) in [4.78, 5) is 14.8. The van der Waals surface area contributed by atoms with Crippen LogP contribution in [0.15, 0.2) is 30.5 Å². The molecule has 136 valence electrons. The average molecular weight is 367 g/mol. The molecule has 1 saturated heterocycles. The lowest BCUT2D eigenvalue weighted by Crippen LogP contribution is -2.34. The molecular weight excluding hydrogens is 343 g/mol. The number of carbonyl (C=O) groups excluding carboxylic acids is 1. The van der Waals surface area contributed by atoms with Crippen molar-refractivity contribution in [3.8, 4) is 5.69 Å². The minimum absolute atomic E-state index is 0. The third kappa shape index (κ3) is 4.19. The fourth-order valence-corrected chi connectivity index (χ4v) is 3.09. The van der Waals surface area contributed by atoms with E-state index in [1.54, 1.807) is 23.0 Å². The molecule has 0 bridgehead atoms. The van der Waals surface area contributed by atoms with Crippen LogP contribution in [0.3, 0.4) is 0 Å². The zero-order valence-corrected chi connectivity index (χ0v) is 15.4. The number of carbonyl (C=O) groups is 1. The van der Waals surface area contributed by atoms with E-state index in [0.29, 0.717) is 12.1 Å². The Morgan fingerprint density at radius 2 is 1.92 bits per heavy atom. The van der Waals surface area contributed by atoms with Gasteiger partial charge in [-0.15, -0.1) is 12.4 Å². The van der Waals surface area contributed by atoms with Gasteiger partial charge in [-0.25, -0.2) is 9.07 Å². The molecule has 1 aromatic heterocycles. The number of nitrogens with zero attached hydrogens (tertiary/aromatic N) is 3. The number of nitrogens with one attached hydrogen (secondary N) is 1. The third-order valence-electron chi connectivity index (χ3n) is 4.28. The van der Waals surface area contributed by atoms with E-state index in [2.05, 4.69) is 10.4 Å². The van der Waals surface area contributed by atoms with Crippen molar-refractivity contribution in [3.05, 3.63) is 47.5 Å². The monoisotopic (exact) mass is 366 g/mol. The SMILES string of the molecule is CC(C)c1c(C(=O)N2CCCNCC2)cnn1-c1ccc(F)cc1.Cl. The quantitative estimate of drug-likeness (QED) is 0.908. The molecule has 2 aromatic rings. The van der Waals surface area contributed by atoms with E-state index in [-0.39, 0.29) is 30.0 Å². The van der Waals surface area contributed by atoms with Gasteiger partial charge in [-0.3, -0.25) is 4.79 Å². The normalized spacial score (nSPS) is 15.0. The van der Waals surface area contributed by atoms with E-state index in [9.17, 15) is 9.18 Å². The maximum Gasteiger partial charge on any atom is 0.257 e. The van der Waals surface area contributed by atoms with Crippen LogP contribution in [0.5, 0.6) is 0 Å². The number of aromatic nitrogens is 2. The van der Waals surface area contributed by atoms with Gasteiger partial charge in [-0.2, -0.15) is 5.10 Å². The number of benzene rings is 1. The number of hydrogen-bond acceptors (Lipinski definition) is 3. The predicted octanol–water partition coefficient (Wildman–Crippen LogP) is 2.99. The summed E-state index contributed by atoms with van der Waals surface area (Å²) in [5.41, 5.74) is 2.26. The Balaban J connectivity index is 0.00000225. The molecule has 1 aromatic carbocycles. The zero-order valence-electron chi connectivity index (χ0n) is 14.5. The summed E-state index contributed by atoms with van der Waals surface area (Å²) in [5.74, 6) is -0.136. The van der Waals surface area contributed by atoms with Gasteiger partial charge in [0, 0.05) is 19.6 Å². The van der Waals surface area contributed by atoms with E-state index in [1.807, 2.05) is 18.7 Å². The molecule has 0 radical (unpaired) electrons. The van der Waals surface area contributed by atoms with Gasteiger partial charge >= 0.3 is 0 Å². The fourth-order valence-electron chi connectivity index (χ4n) is 3.09. The Kier molecular flexibility index (Phi) is 6.56. The molecule has 2 heterocycles. The smallest absolute Gasteiger partial charge is 0.257 e. The van der Waals surface area contributed by atoms with Crippen molar-refractivity contribution in [2.75, 3.05) is 26.2 Å². The minimum Gasteiger partial charge on any atom is -0.337 e. The van der Waals surface area contributed by atoms with Crippen LogP contribution in [-0.2, 0) is 0 Å². The lowest BCUT2D eigenvalue weighted by atomic mass is 10.0. The first kappa shape index (κ1) is 19.4. The van der Waals surface area contributed by atoms with Gasteiger partial charge in [-0.05, 0) is 43.1 Å². The summed E-state index contributed by atoms with van der Waals surface area (Å²) in [6.45, 7) is 7.29. The highest BCUT2D eigenvalue weighted by Gasteiger charge is 2.25. The van der Waals surface area contributed by atoms with Gasteiger partial charge in [0.2, 0.25) is 0 Å². The maximum atomic E-state index is 13.2. The van der Waals surface area contributed by atoms with E-state index >= 15 is 0 Å². The Morgan fingerprint density at radius 3 is 2.60 bits per heavy atom. The van der Waals surface area contributed by atoms with Crippen LogP contribution >= 0.6 is 12.4 Å². The second-order valence-corrected chi connectivity index (χ2v) is 6.38. The topological polar surface area (TPSA) is 50.2 Å². The molecule has 25 heavy (non-hydrogen) atoms.